The number of carbonyl (C=O) groups excluding carboxylic acids is 1. The molecular formula is C20H38O2. The zero-order chi connectivity index (χ0) is 16.3. The number of allylic oxidation sites excluding steroid dienone is 1. The topological polar surface area (TPSA) is 26.3 Å². The molecule has 0 spiro atoms. The Balaban J connectivity index is 3.04. The zero-order valence-electron chi connectivity index (χ0n) is 15.1. The molecule has 0 saturated heterocycles. The minimum atomic E-state index is -0.211. The summed E-state index contributed by atoms with van der Waals surface area (Å²) in [5.74, 6) is -0.211. The van der Waals surface area contributed by atoms with E-state index in [9.17, 15) is 4.79 Å². The molecule has 0 radical (unpaired) electrons. The van der Waals surface area contributed by atoms with Crippen molar-refractivity contribution in [2.24, 2.45) is 0 Å². The Morgan fingerprint density at radius 2 is 1.14 bits per heavy atom. The molecule has 2 nitrogen and oxygen atoms in total. The molecule has 0 unspecified atom stereocenters. The fraction of sp³-hybridized carbons (Fsp3) is 0.850. The highest BCUT2D eigenvalue weighted by Gasteiger charge is 1.96. The van der Waals surface area contributed by atoms with E-state index in [4.69, 9.17) is 4.74 Å². The fourth-order valence-electron chi connectivity index (χ4n) is 2.65. The molecule has 0 aliphatic carbocycles. The molecular weight excluding hydrogens is 272 g/mol. The van der Waals surface area contributed by atoms with Crippen LogP contribution in [0.4, 0.5) is 0 Å². The van der Waals surface area contributed by atoms with Crippen molar-refractivity contribution in [3.8, 4) is 0 Å². The van der Waals surface area contributed by atoms with E-state index in [2.05, 4.69) is 6.92 Å². The molecule has 0 bridgehead atoms. The van der Waals surface area contributed by atoms with Gasteiger partial charge in [-0.1, -0.05) is 96.5 Å². The largest absolute Gasteiger partial charge is 0.463 e. The fourth-order valence-corrected chi connectivity index (χ4v) is 2.65. The molecule has 2 heteroatoms. The molecule has 0 aliphatic heterocycles. The van der Waals surface area contributed by atoms with Crippen molar-refractivity contribution in [2.45, 2.75) is 104 Å². The molecule has 0 heterocycles. The van der Waals surface area contributed by atoms with Crippen molar-refractivity contribution in [3.63, 3.8) is 0 Å². The van der Waals surface area contributed by atoms with E-state index < -0.39 is 0 Å². The van der Waals surface area contributed by atoms with Crippen LogP contribution in [0, 0.1) is 0 Å². The van der Waals surface area contributed by atoms with Gasteiger partial charge in [0.25, 0.3) is 0 Å². The van der Waals surface area contributed by atoms with Gasteiger partial charge in [0.1, 0.15) is 0 Å². The molecule has 0 atom stereocenters. The highest BCUT2D eigenvalue weighted by atomic mass is 16.5. The van der Waals surface area contributed by atoms with Crippen LogP contribution in [0.3, 0.4) is 0 Å². The molecule has 130 valence electrons. The lowest BCUT2D eigenvalue weighted by molar-refractivity contribution is -0.137. The second-order valence-corrected chi connectivity index (χ2v) is 6.26. The first-order valence-corrected chi connectivity index (χ1v) is 9.60. The summed E-state index contributed by atoms with van der Waals surface area (Å²) >= 11 is 0. The van der Waals surface area contributed by atoms with Crippen molar-refractivity contribution in [3.05, 3.63) is 12.2 Å². The standard InChI is InChI=1S/C20H38O2/c1-3-5-6-7-8-9-10-11-12-13-14-15-16-17-19-22-20(21)18-4-2/h4,18H,3,5-17,19H2,1-2H3/b18-4+. The van der Waals surface area contributed by atoms with Crippen LogP contribution in [-0.2, 0) is 9.53 Å². The summed E-state index contributed by atoms with van der Waals surface area (Å²) in [7, 11) is 0. The van der Waals surface area contributed by atoms with Gasteiger partial charge in [0, 0.05) is 6.08 Å². The van der Waals surface area contributed by atoms with Gasteiger partial charge in [-0.3, -0.25) is 0 Å². The second-order valence-electron chi connectivity index (χ2n) is 6.26. The first kappa shape index (κ1) is 21.2. The molecule has 0 aromatic rings. The summed E-state index contributed by atoms with van der Waals surface area (Å²) in [5, 5.41) is 0. The minimum Gasteiger partial charge on any atom is -0.463 e. The summed E-state index contributed by atoms with van der Waals surface area (Å²) < 4.78 is 5.06. The van der Waals surface area contributed by atoms with Crippen LogP contribution in [0.1, 0.15) is 104 Å². The lowest BCUT2D eigenvalue weighted by atomic mass is 10.0. The van der Waals surface area contributed by atoms with E-state index in [1.807, 2.05) is 6.92 Å². The maximum absolute atomic E-state index is 11.1. The van der Waals surface area contributed by atoms with E-state index >= 15 is 0 Å². The normalized spacial score (nSPS) is 11.2. The Bertz CT molecular complexity index is 258. The Labute approximate surface area is 138 Å². The lowest BCUT2D eigenvalue weighted by Gasteiger charge is -2.04. The van der Waals surface area contributed by atoms with Gasteiger partial charge < -0.3 is 4.74 Å². The van der Waals surface area contributed by atoms with Gasteiger partial charge >= 0.3 is 5.97 Å². The van der Waals surface area contributed by atoms with Gasteiger partial charge in [-0.15, -0.1) is 0 Å². The first-order valence-electron chi connectivity index (χ1n) is 9.60. The van der Waals surface area contributed by atoms with E-state index in [1.54, 1.807) is 6.08 Å². The lowest BCUT2D eigenvalue weighted by Crippen LogP contribution is -2.01. The SMILES string of the molecule is C/C=C/C(=O)OCCCCCCCCCCCCCCCC. The summed E-state index contributed by atoms with van der Waals surface area (Å²) in [5.41, 5.74) is 0. The van der Waals surface area contributed by atoms with Crippen LogP contribution in [0.2, 0.25) is 0 Å². The quantitative estimate of drug-likeness (QED) is 0.183. The van der Waals surface area contributed by atoms with Crippen molar-refractivity contribution in [1.82, 2.24) is 0 Å². The zero-order valence-corrected chi connectivity index (χ0v) is 15.1. The van der Waals surface area contributed by atoms with Gasteiger partial charge in [0.15, 0.2) is 0 Å². The Hall–Kier alpha value is -0.790. The molecule has 0 rings (SSSR count). The van der Waals surface area contributed by atoms with E-state index in [-0.39, 0.29) is 5.97 Å². The molecule has 0 fully saturated rings. The number of carbonyl (C=O) groups is 1. The van der Waals surface area contributed by atoms with Crippen LogP contribution >= 0.6 is 0 Å². The third kappa shape index (κ3) is 17.3. The number of hydrogen-bond donors (Lipinski definition) is 0. The summed E-state index contributed by atoms with van der Waals surface area (Å²) in [6, 6.07) is 0. The number of ether oxygens (including phenoxy) is 1. The molecule has 0 N–H and O–H groups in total. The van der Waals surface area contributed by atoms with Crippen LogP contribution in [-0.4, -0.2) is 12.6 Å². The average molecular weight is 311 g/mol. The molecule has 0 saturated carbocycles. The highest BCUT2D eigenvalue weighted by molar-refractivity contribution is 5.81. The number of rotatable bonds is 16. The first-order chi connectivity index (χ1) is 10.8. The third-order valence-electron chi connectivity index (χ3n) is 4.04. The van der Waals surface area contributed by atoms with Crippen molar-refractivity contribution in [1.29, 1.82) is 0 Å². The number of esters is 1. The minimum absolute atomic E-state index is 0.211. The maximum atomic E-state index is 11.1. The van der Waals surface area contributed by atoms with Gasteiger partial charge in [0.05, 0.1) is 6.61 Å². The van der Waals surface area contributed by atoms with Gasteiger partial charge in [-0.2, -0.15) is 0 Å². The summed E-state index contributed by atoms with van der Waals surface area (Å²) in [6.07, 6.45) is 22.1. The number of unbranched alkanes of at least 4 members (excludes halogenated alkanes) is 13. The van der Waals surface area contributed by atoms with Gasteiger partial charge in [-0.25, -0.2) is 4.79 Å². The molecule has 22 heavy (non-hydrogen) atoms. The van der Waals surface area contributed by atoms with Gasteiger partial charge in [-0.05, 0) is 13.3 Å². The molecule has 0 aromatic heterocycles. The van der Waals surface area contributed by atoms with Crippen molar-refractivity contribution in [2.75, 3.05) is 6.61 Å². The van der Waals surface area contributed by atoms with Crippen LogP contribution < -0.4 is 0 Å². The Morgan fingerprint density at radius 1 is 0.727 bits per heavy atom. The molecule has 0 aromatic carbocycles. The maximum Gasteiger partial charge on any atom is 0.330 e. The predicted molar refractivity (Wildman–Crippen MR) is 96.1 cm³/mol. The summed E-state index contributed by atoms with van der Waals surface area (Å²) in [6.45, 7) is 4.67. The van der Waals surface area contributed by atoms with Gasteiger partial charge in [0.2, 0.25) is 0 Å². The van der Waals surface area contributed by atoms with Crippen molar-refractivity contribution >= 4 is 5.97 Å². The van der Waals surface area contributed by atoms with Crippen LogP contribution in [0.5, 0.6) is 0 Å². The molecule has 0 aliphatic rings. The van der Waals surface area contributed by atoms with Crippen LogP contribution in [0.25, 0.3) is 0 Å². The highest BCUT2D eigenvalue weighted by Crippen LogP contribution is 2.12. The molecule has 0 amide bonds. The number of hydrogen-bond acceptors (Lipinski definition) is 2. The van der Waals surface area contributed by atoms with E-state index in [0.29, 0.717) is 6.61 Å². The van der Waals surface area contributed by atoms with E-state index in [1.165, 1.54) is 89.5 Å². The van der Waals surface area contributed by atoms with Crippen LogP contribution in [0.15, 0.2) is 12.2 Å². The van der Waals surface area contributed by atoms with Crippen molar-refractivity contribution < 1.29 is 9.53 Å². The second kappa shape index (κ2) is 18.3. The smallest absolute Gasteiger partial charge is 0.330 e. The monoisotopic (exact) mass is 310 g/mol. The summed E-state index contributed by atoms with van der Waals surface area (Å²) in [4.78, 5) is 11.1. The average Bonchev–Trinajstić information content (AvgIpc) is 2.51. The Kier molecular flexibility index (Phi) is 17.6. The predicted octanol–water partition coefficient (Wildman–Crippen LogP) is 6.59. The Morgan fingerprint density at radius 3 is 1.55 bits per heavy atom. The third-order valence-corrected chi connectivity index (χ3v) is 4.04. The van der Waals surface area contributed by atoms with E-state index in [0.717, 1.165) is 6.42 Å².